The first-order valence-corrected chi connectivity index (χ1v) is 13.7. The van der Waals surface area contributed by atoms with E-state index >= 15 is 0 Å². The van der Waals surface area contributed by atoms with E-state index in [-0.39, 0.29) is 34.5 Å². The highest BCUT2D eigenvalue weighted by Crippen LogP contribution is 2.63. The Morgan fingerprint density at radius 2 is 1.09 bits per heavy atom. The Hall–Kier alpha value is -5.63. The average molecular weight is 575 g/mol. The third-order valence-electron chi connectivity index (χ3n) is 8.55. The average Bonchev–Trinajstić information content (AvgIpc) is 3.30. The van der Waals surface area contributed by atoms with E-state index in [2.05, 4.69) is 0 Å². The topological polar surface area (TPSA) is 148 Å². The molecule has 5 aromatic carbocycles. The number of phenolic OH excluding ortho intramolecular Hbond substituents is 6. The van der Waals surface area contributed by atoms with Crippen molar-refractivity contribution in [2.75, 3.05) is 0 Å². The van der Waals surface area contributed by atoms with E-state index in [0.29, 0.717) is 56.5 Å². The smallest absolute Gasteiger partial charge is 0.150 e. The van der Waals surface area contributed by atoms with Crippen molar-refractivity contribution < 1.29 is 40.2 Å². The van der Waals surface area contributed by atoms with E-state index in [1.165, 1.54) is 54.6 Å². The SMILES string of the molecule is O=Cc1ccc(O)c([C@H]2c3cc(O)cc4c3[C@H](c3c(O)ccc(O)c3[C@@H]2c2ccc(O)cc2)[C@@H](c2ccc(O)cc2)O4)c1. The van der Waals surface area contributed by atoms with Gasteiger partial charge in [0.25, 0.3) is 0 Å². The molecule has 214 valence electrons. The van der Waals surface area contributed by atoms with Gasteiger partial charge >= 0.3 is 0 Å². The van der Waals surface area contributed by atoms with Crippen LogP contribution in [0.2, 0.25) is 0 Å². The van der Waals surface area contributed by atoms with Gasteiger partial charge in [0.05, 0.1) is 5.92 Å². The van der Waals surface area contributed by atoms with Crippen LogP contribution in [0.3, 0.4) is 0 Å². The zero-order chi connectivity index (χ0) is 30.0. The molecule has 8 nitrogen and oxygen atoms in total. The summed E-state index contributed by atoms with van der Waals surface area (Å²) in [5.41, 5.74) is 3.96. The molecule has 4 atom stereocenters. The van der Waals surface area contributed by atoms with E-state index in [1.54, 1.807) is 36.4 Å². The van der Waals surface area contributed by atoms with E-state index in [4.69, 9.17) is 4.74 Å². The number of aromatic hydroxyl groups is 6. The fourth-order valence-electron chi connectivity index (χ4n) is 6.79. The lowest BCUT2D eigenvalue weighted by Gasteiger charge is -2.31. The maximum absolute atomic E-state index is 11.9. The third kappa shape index (κ3) is 4.10. The van der Waals surface area contributed by atoms with E-state index in [9.17, 15) is 35.4 Å². The number of phenols is 6. The first-order valence-electron chi connectivity index (χ1n) is 13.7. The first-order chi connectivity index (χ1) is 20.7. The lowest BCUT2D eigenvalue weighted by Crippen LogP contribution is -2.16. The lowest BCUT2D eigenvalue weighted by molar-refractivity contribution is 0.112. The molecule has 43 heavy (non-hydrogen) atoms. The molecule has 0 unspecified atom stereocenters. The van der Waals surface area contributed by atoms with Gasteiger partial charge < -0.3 is 35.4 Å². The second-order valence-electron chi connectivity index (χ2n) is 11.0. The number of aldehydes is 1. The van der Waals surface area contributed by atoms with Crippen LogP contribution in [-0.2, 0) is 0 Å². The van der Waals surface area contributed by atoms with E-state index < -0.39 is 23.9 Å². The number of carbonyl (C=O) groups excluding carboxylic acids is 1. The molecule has 0 spiro atoms. The van der Waals surface area contributed by atoms with Crippen molar-refractivity contribution >= 4 is 6.29 Å². The number of fused-ring (bicyclic) bond motifs is 2. The fraction of sp³-hybridized carbons (Fsp3) is 0.114. The molecule has 1 aliphatic heterocycles. The molecule has 1 aliphatic carbocycles. The molecule has 0 aromatic heterocycles. The Labute approximate surface area is 246 Å². The Morgan fingerprint density at radius 3 is 1.72 bits per heavy atom. The van der Waals surface area contributed by atoms with Gasteiger partial charge in [-0.1, -0.05) is 24.3 Å². The summed E-state index contributed by atoms with van der Waals surface area (Å²) in [4.78, 5) is 11.9. The number of hydrogen-bond acceptors (Lipinski definition) is 8. The summed E-state index contributed by atoms with van der Waals surface area (Å²) >= 11 is 0. The van der Waals surface area contributed by atoms with Crippen LogP contribution in [0.1, 0.15) is 73.2 Å². The van der Waals surface area contributed by atoms with Gasteiger partial charge in [0.15, 0.2) is 0 Å². The second kappa shape index (κ2) is 9.73. The normalized spacial score (nSPS) is 20.0. The van der Waals surface area contributed by atoms with Gasteiger partial charge in [-0.05, 0) is 77.4 Å². The highest BCUT2D eigenvalue weighted by molar-refractivity contribution is 5.77. The van der Waals surface area contributed by atoms with Crippen molar-refractivity contribution in [3.8, 4) is 40.2 Å². The number of benzene rings is 5. The molecule has 6 N–H and O–H groups in total. The van der Waals surface area contributed by atoms with Crippen molar-refractivity contribution in [3.63, 3.8) is 0 Å². The number of rotatable bonds is 4. The zero-order valence-electron chi connectivity index (χ0n) is 22.5. The second-order valence-corrected chi connectivity index (χ2v) is 11.0. The van der Waals surface area contributed by atoms with Crippen LogP contribution in [0.15, 0.2) is 91.0 Å². The van der Waals surface area contributed by atoms with Crippen LogP contribution < -0.4 is 4.74 Å². The molecule has 0 fully saturated rings. The van der Waals surface area contributed by atoms with Crippen LogP contribution in [0.4, 0.5) is 0 Å². The highest BCUT2D eigenvalue weighted by Gasteiger charge is 2.49. The van der Waals surface area contributed by atoms with Crippen molar-refractivity contribution in [1.29, 1.82) is 0 Å². The molecule has 5 aromatic rings. The molecule has 0 saturated heterocycles. The summed E-state index contributed by atoms with van der Waals surface area (Å²) in [6.07, 6.45) is -0.0525. The minimum atomic E-state index is -0.802. The van der Waals surface area contributed by atoms with Crippen LogP contribution in [0.5, 0.6) is 40.2 Å². The highest BCUT2D eigenvalue weighted by atomic mass is 16.5. The van der Waals surface area contributed by atoms with Crippen molar-refractivity contribution in [2.24, 2.45) is 0 Å². The summed E-state index contributed by atoms with van der Waals surface area (Å²) in [6, 6.07) is 23.3. The summed E-state index contributed by atoms with van der Waals surface area (Å²) in [7, 11) is 0. The lowest BCUT2D eigenvalue weighted by atomic mass is 9.73. The number of ether oxygens (including phenoxy) is 1. The monoisotopic (exact) mass is 574 g/mol. The van der Waals surface area contributed by atoms with E-state index in [1.807, 2.05) is 0 Å². The van der Waals surface area contributed by atoms with Gasteiger partial charge in [-0.25, -0.2) is 0 Å². The fourth-order valence-corrected chi connectivity index (χ4v) is 6.79. The number of hydrogen-bond donors (Lipinski definition) is 6. The van der Waals surface area contributed by atoms with Gasteiger partial charge in [0.2, 0.25) is 0 Å². The third-order valence-corrected chi connectivity index (χ3v) is 8.55. The van der Waals surface area contributed by atoms with Crippen molar-refractivity contribution in [2.45, 2.75) is 23.9 Å². The van der Waals surface area contributed by atoms with Crippen LogP contribution in [0.25, 0.3) is 0 Å². The molecule has 7 rings (SSSR count). The molecule has 0 radical (unpaired) electrons. The van der Waals surface area contributed by atoms with Gasteiger partial charge in [0, 0.05) is 45.7 Å². The van der Waals surface area contributed by atoms with Gasteiger partial charge in [-0.15, -0.1) is 0 Å². The molecular formula is C35H26O8. The molecule has 2 aliphatic rings. The standard InChI is InChI=1S/C35H26O8/c36-16-17-1-10-25(40)23(13-17)30-24-14-22(39)15-28-31(24)34(35(43-28)19-4-8-21(38)9-5-19)33-27(42)12-11-26(41)32(33)29(30)18-2-6-20(37)7-3-18/h1-16,29-30,34-35,37-42H/t29-,30+,34-,35-/m1/s1. The van der Waals surface area contributed by atoms with Crippen molar-refractivity contribution in [3.05, 3.63) is 136 Å². The molecular weight excluding hydrogens is 548 g/mol. The largest absolute Gasteiger partial charge is 0.508 e. The van der Waals surface area contributed by atoms with Crippen LogP contribution in [0, 0.1) is 0 Å². The molecule has 1 heterocycles. The Bertz CT molecular complexity index is 1900. The molecule has 0 saturated carbocycles. The first kappa shape index (κ1) is 26.3. The van der Waals surface area contributed by atoms with Gasteiger partial charge in [-0.3, -0.25) is 4.79 Å². The Balaban J connectivity index is 1.63. The Morgan fingerprint density at radius 1 is 0.512 bits per heavy atom. The maximum atomic E-state index is 11.9. The molecule has 0 amide bonds. The summed E-state index contributed by atoms with van der Waals surface area (Å²) in [5.74, 6) is -2.21. The summed E-state index contributed by atoms with van der Waals surface area (Å²) < 4.78 is 6.48. The quantitative estimate of drug-likeness (QED) is 0.109. The summed E-state index contributed by atoms with van der Waals surface area (Å²) in [6.45, 7) is 0. The molecule has 0 bridgehead atoms. The molecule has 8 heteroatoms. The van der Waals surface area contributed by atoms with Gasteiger partial charge in [-0.2, -0.15) is 0 Å². The maximum Gasteiger partial charge on any atom is 0.150 e. The van der Waals surface area contributed by atoms with Crippen LogP contribution in [-0.4, -0.2) is 36.9 Å². The predicted molar refractivity (Wildman–Crippen MR) is 156 cm³/mol. The minimum Gasteiger partial charge on any atom is -0.508 e. The zero-order valence-corrected chi connectivity index (χ0v) is 22.5. The van der Waals surface area contributed by atoms with E-state index in [0.717, 1.165) is 0 Å². The predicted octanol–water partition coefficient (Wildman–Crippen LogP) is 6.28. The Kier molecular flexibility index (Phi) is 5.95. The van der Waals surface area contributed by atoms with Crippen LogP contribution >= 0.6 is 0 Å². The number of carbonyl (C=O) groups is 1. The summed E-state index contributed by atoms with van der Waals surface area (Å²) in [5, 5.41) is 65.5. The van der Waals surface area contributed by atoms with Crippen molar-refractivity contribution in [1.82, 2.24) is 0 Å². The van der Waals surface area contributed by atoms with Gasteiger partial charge in [0.1, 0.15) is 52.6 Å². The minimum absolute atomic E-state index is 0.0280.